The minimum atomic E-state index is -1.26. The topological polar surface area (TPSA) is 66.5 Å². The number of amides is 1. The number of fused-ring (bicyclic) bond motifs is 6. The van der Waals surface area contributed by atoms with Crippen molar-refractivity contribution in [2.75, 3.05) is 10.2 Å². The fourth-order valence-electron chi connectivity index (χ4n) is 6.09. The molecular formula is C28H21ClN2O3. The Morgan fingerprint density at radius 1 is 1.00 bits per heavy atom. The van der Waals surface area contributed by atoms with Crippen LogP contribution in [0.5, 0.6) is 0 Å². The minimum absolute atomic E-state index is 0.162. The molecule has 1 fully saturated rings. The summed E-state index contributed by atoms with van der Waals surface area (Å²) >= 11 is 6.25. The highest BCUT2D eigenvalue weighted by molar-refractivity contribution is 6.31. The molecule has 0 unspecified atom stereocenters. The zero-order valence-corrected chi connectivity index (χ0v) is 19.1. The number of hydrogen-bond donors (Lipinski definition) is 1. The molecule has 0 aliphatic carbocycles. The Kier molecular flexibility index (Phi) is 4.55. The first-order valence-electron chi connectivity index (χ1n) is 11.2. The van der Waals surface area contributed by atoms with Crippen molar-refractivity contribution in [3.63, 3.8) is 0 Å². The average Bonchev–Trinajstić information content (AvgIpc) is 3.32. The summed E-state index contributed by atoms with van der Waals surface area (Å²) in [5.41, 5.74) is 2.29. The molecule has 0 radical (unpaired) electrons. The molecule has 3 aliphatic rings. The largest absolute Gasteiger partial charge is 0.352 e. The molecule has 3 aromatic carbocycles. The maximum atomic E-state index is 14.2. The van der Waals surface area contributed by atoms with Gasteiger partial charge in [0.15, 0.2) is 11.6 Å². The lowest BCUT2D eigenvalue weighted by Crippen LogP contribution is -2.51. The molecule has 0 aromatic heterocycles. The van der Waals surface area contributed by atoms with E-state index in [1.165, 1.54) is 6.92 Å². The third-order valence-corrected chi connectivity index (χ3v) is 7.59. The van der Waals surface area contributed by atoms with E-state index in [1.54, 1.807) is 30.3 Å². The van der Waals surface area contributed by atoms with Gasteiger partial charge in [-0.15, -0.1) is 0 Å². The summed E-state index contributed by atoms with van der Waals surface area (Å²) in [4.78, 5) is 43.4. The molecule has 3 aromatic rings. The molecular weight excluding hydrogens is 448 g/mol. The van der Waals surface area contributed by atoms with E-state index in [-0.39, 0.29) is 17.5 Å². The summed E-state index contributed by atoms with van der Waals surface area (Å²) in [6, 6.07) is 20.5. The quantitative estimate of drug-likeness (QED) is 0.555. The lowest BCUT2D eigenvalue weighted by molar-refractivity contribution is -0.122. The van der Waals surface area contributed by atoms with Crippen molar-refractivity contribution in [3.8, 4) is 0 Å². The molecule has 1 saturated heterocycles. The first-order valence-corrected chi connectivity index (χ1v) is 11.6. The SMILES string of the molecule is CC(=O)[C@@H]1[C@H](C(=O)c2ccccc2)[C@@]2(C(=O)Nc3ccccc32)[C@H]2C=Cc3cc(Cl)ccc3N12. The Bertz CT molecular complexity index is 1400. The van der Waals surface area contributed by atoms with Gasteiger partial charge in [-0.3, -0.25) is 14.4 Å². The van der Waals surface area contributed by atoms with Gasteiger partial charge in [0.2, 0.25) is 5.91 Å². The average molecular weight is 469 g/mol. The zero-order chi connectivity index (χ0) is 23.6. The maximum absolute atomic E-state index is 14.2. The fraction of sp³-hybridized carbons (Fsp3) is 0.179. The summed E-state index contributed by atoms with van der Waals surface area (Å²) < 4.78 is 0. The highest BCUT2D eigenvalue weighted by atomic mass is 35.5. The van der Waals surface area contributed by atoms with E-state index in [0.29, 0.717) is 16.3 Å². The summed E-state index contributed by atoms with van der Waals surface area (Å²) in [6.07, 6.45) is 3.87. The van der Waals surface area contributed by atoms with Crippen LogP contribution in [0.3, 0.4) is 0 Å². The lowest BCUT2D eigenvalue weighted by atomic mass is 9.64. The lowest BCUT2D eigenvalue weighted by Gasteiger charge is -2.37. The standard InChI is InChI=1S/C28H21ClN2O3/c1-16(32)25-24(26(33)17-7-3-2-4-8-17)28(20-9-5-6-10-21(20)30-27(28)34)23-14-11-18-15-19(29)12-13-22(18)31(23)25/h2-15,23-25H,1H3,(H,30,34)/t23-,24-,25-,28+/m1/s1. The first-order chi connectivity index (χ1) is 16.4. The zero-order valence-electron chi connectivity index (χ0n) is 18.4. The predicted molar refractivity (Wildman–Crippen MR) is 132 cm³/mol. The van der Waals surface area contributed by atoms with Crippen LogP contribution in [0.15, 0.2) is 78.9 Å². The fourth-order valence-corrected chi connectivity index (χ4v) is 6.27. The van der Waals surface area contributed by atoms with Gasteiger partial charge in [-0.25, -0.2) is 0 Å². The van der Waals surface area contributed by atoms with Gasteiger partial charge in [-0.05, 0) is 42.3 Å². The second-order valence-electron chi connectivity index (χ2n) is 9.05. The molecule has 0 bridgehead atoms. The van der Waals surface area contributed by atoms with Gasteiger partial charge in [0.05, 0.1) is 18.0 Å². The normalized spacial score (nSPS) is 26.1. The van der Waals surface area contributed by atoms with Crippen LogP contribution in [0.25, 0.3) is 6.08 Å². The number of para-hydroxylation sites is 1. The van der Waals surface area contributed by atoms with Crippen molar-refractivity contribution >= 4 is 46.5 Å². The van der Waals surface area contributed by atoms with Crippen LogP contribution in [0, 0.1) is 5.92 Å². The van der Waals surface area contributed by atoms with Crippen LogP contribution in [0.2, 0.25) is 5.02 Å². The predicted octanol–water partition coefficient (Wildman–Crippen LogP) is 4.90. The highest BCUT2D eigenvalue weighted by Gasteiger charge is 2.69. The number of carbonyl (C=O) groups excluding carboxylic acids is 3. The van der Waals surface area contributed by atoms with Crippen LogP contribution < -0.4 is 10.2 Å². The molecule has 34 heavy (non-hydrogen) atoms. The highest BCUT2D eigenvalue weighted by Crippen LogP contribution is 2.57. The molecule has 5 nitrogen and oxygen atoms in total. The Labute approximate surface area is 202 Å². The summed E-state index contributed by atoms with van der Waals surface area (Å²) in [5.74, 6) is -1.55. The van der Waals surface area contributed by atoms with Crippen LogP contribution in [0.1, 0.15) is 28.4 Å². The number of hydrogen-bond acceptors (Lipinski definition) is 4. The molecule has 3 heterocycles. The Morgan fingerprint density at radius 3 is 2.50 bits per heavy atom. The van der Waals surface area contributed by atoms with Crippen LogP contribution >= 0.6 is 11.6 Å². The Morgan fingerprint density at radius 2 is 1.74 bits per heavy atom. The van der Waals surface area contributed by atoms with Gasteiger partial charge >= 0.3 is 0 Å². The molecule has 1 N–H and O–H groups in total. The Hall–Kier alpha value is -3.70. The van der Waals surface area contributed by atoms with Crippen LogP contribution in [0.4, 0.5) is 11.4 Å². The second kappa shape index (κ2) is 7.40. The third-order valence-electron chi connectivity index (χ3n) is 7.35. The summed E-state index contributed by atoms with van der Waals surface area (Å²) in [7, 11) is 0. The molecule has 1 spiro atoms. The minimum Gasteiger partial charge on any atom is -0.352 e. The van der Waals surface area contributed by atoms with Gasteiger partial charge in [0, 0.05) is 22.0 Å². The monoisotopic (exact) mass is 468 g/mol. The number of carbonyl (C=O) groups is 3. The van der Waals surface area contributed by atoms with Gasteiger partial charge in [0.1, 0.15) is 5.41 Å². The van der Waals surface area contributed by atoms with E-state index in [4.69, 9.17) is 11.6 Å². The van der Waals surface area contributed by atoms with Gasteiger partial charge in [0.25, 0.3) is 0 Å². The van der Waals surface area contributed by atoms with Crippen molar-refractivity contribution < 1.29 is 14.4 Å². The number of rotatable bonds is 3. The second-order valence-corrected chi connectivity index (χ2v) is 9.48. The van der Waals surface area contributed by atoms with Crippen molar-refractivity contribution in [1.82, 2.24) is 0 Å². The Balaban J connectivity index is 1.67. The van der Waals surface area contributed by atoms with Gasteiger partial charge in [-0.2, -0.15) is 0 Å². The summed E-state index contributed by atoms with van der Waals surface area (Å²) in [6.45, 7) is 1.50. The maximum Gasteiger partial charge on any atom is 0.238 e. The van der Waals surface area contributed by atoms with E-state index < -0.39 is 23.4 Å². The van der Waals surface area contributed by atoms with Crippen molar-refractivity contribution in [2.24, 2.45) is 5.92 Å². The number of Topliss-reactive ketones (excluding diaryl/α,β-unsaturated/α-hetero) is 2. The van der Waals surface area contributed by atoms with Gasteiger partial charge in [-0.1, -0.05) is 72.3 Å². The third kappa shape index (κ3) is 2.64. The van der Waals surface area contributed by atoms with Crippen molar-refractivity contribution in [2.45, 2.75) is 24.4 Å². The van der Waals surface area contributed by atoms with E-state index >= 15 is 0 Å². The number of nitrogens with zero attached hydrogens (tertiary/aromatic N) is 1. The summed E-state index contributed by atoms with van der Waals surface area (Å²) in [5, 5.41) is 3.59. The molecule has 4 atom stereocenters. The molecule has 6 heteroatoms. The number of benzene rings is 3. The number of ketones is 2. The number of halogens is 1. The van der Waals surface area contributed by atoms with Crippen molar-refractivity contribution in [3.05, 3.63) is 101 Å². The van der Waals surface area contributed by atoms with E-state index in [2.05, 4.69) is 5.32 Å². The first kappa shape index (κ1) is 20.9. The molecule has 6 rings (SSSR count). The van der Waals surface area contributed by atoms with E-state index in [9.17, 15) is 14.4 Å². The van der Waals surface area contributed by atoms with E-state index in [0.717, 1.165) is 16.8 Å². The molecule has 0 saturated carbocycles. The van der Waals surface area contributed by atoms with Crippen molar-refractivity contribution in [1.29, 1.82) is 0 Å². The molecule has 1 amide bonds. The molecule has 3 aliphatic heterocycles. The van der Waals surface area contributed by atoms with Crippen LogP contribution in [-0.2, 0) is 15.0 Å². The van der Waals surface area contributed by atoms with E-state index in [1.807, 2.05) is 59.5 Å². The van der Waals surface area contributed by atoms with Crippen LogP contribution in [-0.4, -0.2) is 29.6 Å². The number of nitrogens with one attached hydrogen (secondary N) is 1. The number of anilines is 2. The van der Waals surface area contributed by atoms with Gasteiger partial charge < -0.3 is 10.2 Å². The smallest absolute Gasteiger partial charge is 0.238 e. The molecule has 168 valence electrons.